The van der Waals surface area contributed by atoms with E-state index in [0.717, 1.165) is 28.7 Å². The number of aryl methyl sites for hydroxylation is 2. The Morgan fingerprint density at radius 1 is 1.33 bits per heavy atom. The maximum Gasteiger partial charge on any atom is 0.338 e. The number of aromatic nitrogens is 3. The zero-order chi connectivity index (χ0) is 22.0. The predicted molar refractivity (Wildman–Crippen MR) is 120 cm³/mol. The van der Waals surface area contributed by atoms with Crippen molar-refractivity contribution in [2.24, 2.45) is 12.8 Å². The SMILES string of the molecule is CCCOc1cc(Cl)cc(N(Nc2cc(C(C)C)c3c(n2)c(C)nn3C)C(N)=O)c1. The number of nitrogens with zero attached hydrogens (tertiary/aromatic N) is 4. The molecule has 0 saturated heterocycles. The third-order valence-electron chi connectivity index (χ3n) is 4.64. The molecule has 2 amide bonds. The van der Waals surface area contributed by atoms with Crippen LogP contribution in [-0.4, -0.2) is 27.4 Å². The minimum absolute atomic E-state index is 0.230. The molecule has 0 fully saturated rings. The van der Waals surface area contributed by atoms with Gasteiger partial charge in [-0.2, -0.15) is 5.10 Å². The van der Waals surface area contributed by atoms with Crippen molar-refractivity contribution in [2.75, 3.05) is 17.0 Å². The van der Waals surface area contributed by atoms with Gasteiger partial charge in [0.25, 0.3) is 0 Å². The van der Waals surface area contributed by atoms with Crippen LogP contribution >= 0.6 is 11.6 Å². The second kappa shape index (κ2) is 8.79. The second-order valence-corrected chi connectivity index (χ2v) is 7.87. The molecule has 0 aliphatic rings. The van der Waals surface area contributed by atoms with Gasteiger partial charge < -0.3 is 10.5 Å². The standard InChI is InChI=1S/C21H27ClN6O2/c1-6-7-30-16-9-14(22)8-15(10-16)28(21(23)29)26-18-11-17(12(2)3)20-19(24-18)13(4)25-27(20)5/h8-12H,6-7H2,1-5H3,(H2,23,29)(H,24,26). The highest BCUT2D eigenvalue weighted by molar-refractivity contribution is 6.31. The van der Waals surface area contributed by atoms with Crippen LogP contribution in [0.3, 0.4) is 0 Å². The van der Waals surface area contributed by atoms with Crippen molar-refractivity contribution < 1.29 is 9.53 Å². The van der Waals surface area contributed by atoms with E-state index >= 15 is 0 Å². The number of nitrogens with one attached hydrogen (secondary N) is 1. The van der Waals surface area contributed by atoms with E-state index in [0.29, 0.717) is 28.9 Å². The smallest absolute Gasteiger partial charge is 0.338 e. The van der Waals surface area contributed by atoms with Crippen LogP contribution in [0.2, 0.25) is 5.02 Å². The number of fused-ring (bicyclic) bond motifs is 1. The van der Waals surface area contributed by atoms with Crippen molar-refractivity contribution in [1.29, 1.82) is 0 Å². The zero-order valence-electron chi connectivity index (χ0n) is 17.9. The number of rotatable bonds is 7. The lowest BCUT2D eigenvalue weighted by molar-refractivity contribution is 0.255. The average molecular weight is 431 g/mol. The average Bonchev–Trinajstić information content (AvgIpc) is 2.96. The van der Waals surface area contributed by atoms with Crippen LogP contribution < -0.4 is 20.9 Å². The Labute approximate surface area is 180 Å². The molecule has 2 aromatic heterocycles. The van der Waals surface area contributed by atoms with Crippen LogP contribution in [0.4, 0.5) is 16.3 Å². The highest BCUT2D eigenvalue weighted by Gasteiger charge is 2.19. The van der Waals surface area contributed by atoms with Crippen LogP contribution in [0.1, 0.15) is 44.4 Å². The lowest BCUT2D eigenvalue weighted by atomic mass is 10.0. The van der Waals surface area contributed by atoms with Crippen molar-refractivity contribution in [3.8, 4) is 5.75 Å². The number of anilines is 2. The highest BCUT2D eigenvalue weighted by Crippen LogP contribution is 2.31. The third kappa shape index (κ3) is 4.43. The first-order chi connectivity index (χ1) is 14.2. The summed E-state index contributed by atoms with van der Waals surface area (Å²) in [7, 11) is 1.90. The van der Waals surface area contributed by atoms with Gasteiger partial charge in [0.1, 0.15) is 17.1 Å². The van der Waals surface area contributed by atoms with Gasteiger partial charge in [0.15, 0.2) is 0 Å². The molecular formula is C21H27ClN6O2. The number of carbonyl (C=O) groups is 1. The molecule has 1 aromatic carbocycles. The van der Waals surface area contributed by atoms with Gasteiger partial charge in [0.2, 0.25) is 0 Å². The van der Waals surface area contributed by atoms with Crippen LogP contribution in [0.25, 0.3) is 11.0 Å². The largest absolute Gasteiger partial charge is 0.493 e. The Morgan fingerprint density at radius 2 is 2.07 bits per heavy atom. The number of urea groups is 1. The molecular weight excluding hydrogens is 404 g/mol. The van der Waals surface area contributed by atoms with Gasteiger partial charge in [-0.3, -0.25) is 10.1 Å². The minimum Gasteiger partial charge on any atom is -0.493 e. The molecule has 0 aliphatic heterocycles. The summed E-state index contributed by atoms with van der Waals surface area (Å²) in [6, 6.07) is 6.24. The van der Waals surface area contributed by atoms with Crippen molar-refractivity contribution in [2.45, 2.75) is 40.0 Å². The first-order valence-electron chi connectivity index (χ1n) is 9.85. The van der Waals surface area contributed by atoms with E-state index < -0.39 is 6.03 Å². The molecule has 30 heavy (non-hydrogen) atoms. The van der Waals surface area contributed by atoms with Gasteiger partial charge in [0, 0.05) is 18.1 Å². The maximum atomic E-state index is 12.3. The van der Waals surface area contributed by atoms with Crippen LogP contribution in [0.5, 0.6) is 5.75 Å². The minimum atomic E-state index is -0.699. The van der Waals surface area contributed by atoms with E-state index in [1.807, 2.05) is 31.6 Å². The van der Waals surface area contributed by atoms with Crippen molar-refractivity contribution in [1.82, 2.24) is 14.8 Å². The molecule has 0 atom stereocenters. The summed E-state index contributed by atoms with van der Waals surface area (Å²) in [5.41, 5.74) is 12.8. The molecule has 0 spiro atoms. The Kier molecular flexibility index (Phi) is 6.36. The Bertz CT molecular complexity index is 1080. The van der Waals surface area contributed by atoms with Crippen molar-refractivity contribution in [3.63, 3.8) is 0 Å². The maximum absolute atomic E-state index is 12.3. The number of halogens is 1. The summed E-state index contributed by atoms with van der Waals surface area (Å²) in [5.74, 6) is 1.27. The molecule has 2 heterocycles. The number of primary amides is 1. The first-order valence-corrected chi connectivity index (χ1v) is 10.2. The predicted octanol–water partition coefficient (Wildman–Crippen LogP) is 4.75. The first kappa shape index (κ1) is 21.7. The number of benzene rings is 1. The molecule has 0 radical (unpaired) electrons. The summed E-state index contributed by atoms with van der Waals surface area (Å²) in [4.78, 5) is 16.9. The number of carbonyl (C=O) groups excluding carboxylic acids is 1. The van der Waals surface area contributed by atoms with E-state index in [4.69, 9.17) is 22.1 Å². The molecule has 3 aromatic rings. The number of hydrogen-bond acceptors (Lipinski definition) is 5. The zero-order valence-corrected chi connectivity index (χ0v) is 18.6. The summed E-state index contributed by atoms with van der Waals surface area (Å²) >= 11 is 6.24. The highest BCUT2D eigenvalue weighted by atomic mass is 35.5. The molecule has 8 nitrogen and oxygen atoms in total. The summed E-state index contributed by atoms with van der Waals surface area (Å²) in [5, 5.41) is 6.12. The van der Waals surface area contributed by atoms with Crippen LogP contribution in [0.15, 0.2) is 24.3 Å². The normalized spacial score (nSPS) is 11.2. The quantitative estimate of drug-likeness (QED) is 0.527. The second-order valence-electron chi connectivity index (χ2n) is 7.44. The fourth-order valence-corrected chi connectivity index (χ4v) is 3.53. The fourth-order valence-electron chi connectivity index (χ4n) is 3.31. The van der Waals surface area contributed by atoms with E-state index in [1.54, 1.807) is 18.2 Å². The molecule has 3 rings (SSSR count). The van der Waals surface area contributed by atoms with Crippen molar-refractivity contribution >= 4 is 40.2 Å². The van der Waals surface area contributed by atoms with E-state index in [-0.39, 0.29) is 5.92 Å². The molecule has 3 N–H and O–H groups in total. The number of ether oxygens (including phenoxy) is 1. The summed E-state index contributed by atoms with van der Waals surface area (Å²) in [6.45, 7) is 8.66. The Balaban J connectivity index is 2.04. The van der Waals surface area contributed by atoms with Gasteiger partial charge in [-0.1, -0.05) is 32.4 Å². The van der Waals surface area contributed by atoms with Gasteiger partial charge in [-0.05, 0) is 43.0 Å². The number of nitrogens with two attached hydrogens (primary N) is 1. The van der Waals surface area contributed by atoms with Crippen molar-refractivity contribution in [3.05, 3.63) is 40.5 Å². The Morgan fingerprint density at radius 3 is 2.70 bits per heavy atom. The molecule has 0 bridgehead atoms. The fraction of sp³-hybridized carbons (Fsp3) is 0.381. The monoisotopic (exact) mass is 430 g/mol. The molecule has 0 aliphatic carbocycles. The number of amides is 2. The van der Waals surface area contributed by atoms with E-state index in [9.17, 15) is 4.79 Å². The van der Waals surface area contributed by atoms with Crippen LogP contribution in [-0.2, 0) is 7.05 Å². The third-order valence-corrected chi connectivity index (χ3v) is 4.86. The molecule has 0 saturated carbocycles. The number of hydrazine groups is 1. The van der Waals surface area contributed by atoms with Gasteiger partial charge in [0.05, 0.1) is 23.5 Å². The van der Waals surface area contributed by atoms with Gasteiger partial charge >= 0.3 is 6.03 Å². The number of hydrogen-bond donors (Lipinski definition) is 2. The molecule has 160 valence electrons. The lowest BCUT2D eigenvalue weighted by Gasteiger charge is -2.23. The lowest BCUT2D eigenvalue weighted by Crippen LogP contribution is -2.40. The van der Waals surface area contributed by atoms with Gasteiger partial charge in [-0.15, -0.1) is 0 Å². The topological polar surface area (TPSA) is 98.3 Å². The van der Waals surface area contributed by atoms with E-state index in [1.165, 1.54) is 5.01 Å². The summed E-state index contributed by atoms with van der Waals surface area (Å²) < 4.78 is 7.50. The summed E-state index contributed by atoms with van der Waals surface area (Å²) in [6.07, 6.45) is 0.853. The number of pyridine rings is 1. The molecule has 9 heteroatoms. The van der Waals surface area contributed by atoms with Gasteiger partial charge in [-0.25, -0.2) is 14.8 Å². The molecule has 0 unspecified atom stereocenters. The Hall–Kier alpha value is -3.00. The van der Waals surface area contributed by atoms with E-state index in [2.05, 4.69) is 29.4 Å². The van der Waals surface area contributed by atoms with Crippen LogP contribution in [0, 0.1) is 6.92 Å².